The molecule has 0 bridgehead atoms. The Kier molecular flexibility index (Phi) is 6.00. The van der Waals surface area contributed by atoms with Gasteiger partial charge < -0.3 is 0 Å². The fourth-order valence-corrected chi connectivity index (χ4v) is 2.59. The van der Waals surface area contributed by atoms with Gasteiger partial charge in [-0.25, -0.2) is 12.7 Å². The van der Waals surface area contributed by atoms with Crippen LogP contribution in [0.1, 0.15) is 20.3 Å². The van der Waals surface area contributed by atoms with E-state index >= 15 is 0 Å². The zero-order valence-electron chi connectivity index (χ0n) is 8.78. The molecule has 0 fully saturated rings. The number of sulfonamides is 1. The molecule has 0 aromatic heterocycles. The Morgan fingerprint density at radius 2 is 2.00 bits per heavy atom. The largest absolute Gasteiger partial charge is 0.213 e. The molecule has 13 heavy (non-hydrogen) atoms. The molecule has 0 heterocycles. The molecule has 0 radical (unpaired) electrons. The number of rotatable bonds is 6. The molecule has 0 aliphatic heterocycles. The van der Waals surface area contributed by atoms with Crippen molar-refractivity contribution in [1.82, 2.24) is 4.31 Å². The molecule has 0 amide bonds. The lowest BCUT2D eigenvalue weighted by Crippen LogP contribution is -2.36. The monoisotopic (exact) mass is 225 g/mol. The summed E-state index contributed by atoms with van der Waals surface area (Å²) < 4.78 is 24.3. The number of nitrogens with zero attached hydrogens (tertiary/aromatic N) is 1. The van der Waals surface area contributed by atoms with Crippen molar-refractivity contribution in [1.29, 1.82) is 0 Å². The molecule has 3 nitrogen and oxygen atoms in total. The van der Waals surface area contributed by atoms with Gasteiger partial charge in [0.2, 0.25) is 10.0 Å². The Bertz CT molecular complexity index is 226. The Balaban J connectivity index is 4.17. The van der Waals surface area contributed by atoms with E-state index in [0.29, 0.717) is 0 Å². The molecule has 0 saturated carbocycles. The second-order valence-corrected chi connectivity index (χ2v) is 6.35. The molecule has 0 aliphatic rings. The Morgan fingerprint density at radius 3 is 2.38 bits per heavy atom. The first-order valence-corrected chi connectivity index (χ1v) is 7.40. The molecule has 0 aliphatic carbocycles. The van der Waals surface area contributed by atoms with Crippen LogP contribution in [0.15, 0.2) is 0 Å². The Hall–Kier alpha value is 0.260. The molecule has 5 heteroatoms. The lowest BCUT2D eigenvalue weighted by molar-refractivity contribution is 0.383. The van der Waals surface area contributed by atoms with Crippen molar-refractivity contribution in [2.45, 2.75) is 26.3 Å². The van der Waals surface area contributed by atoms with E-state index < -0.39 is 10.0 Å². The van der Waals surface area contributed by atoms with Gasteiger partial charge in [-0.05, 0) is 32.3 Å². The standard InChI is InChI=1S/C8H19NO2S2/c1-5-13(10,11)9(3)8(2)6-7-12-4/h8H,5-7H2,1-4H3. The van der Waals surface area contributed by atoms with E-state index in [2.05, 4.69) is 0 Å². The average Bonchev–Trinajstić information content (AvgIpc) is 2.12. The summed E-state index contributed by atoms with van der Waals surface area (Å²) in [5, 5.41) is 0. The van der Waals surface area contributed by atoms with Crippen molar-refractivity contribution in [3.63, 3.8) is 0 Å². The normalized spacial score (nSPS) is 14.8. The van der Waals surface area contributed by atoms with Crippen LogP contribution in [-0.4, -0.2) is 43.6 Å². The number of thioether (sulfide) groups is 1. The molecular formula is C8H19NO2S2. The van der Waals surface area contributed by atoms with Crippen LogP contribution in [0.2, 0.25) is 0 Å². The van der Waals surface area contributed by atoms with Gasteiger partial charge in [0.15, 0.2) is 0 Å². The predicted octanol–water partition coefficient (Wildman–Crippen LogP) is 1.41. The number of hydrogen-bond donors (Lipinski definition) is 0. The van der Waals surface area contributed by atoms with E-state index in [9.17, 15) is 8.42 Å². The maximum atomic E-state index is 11.4. The first-order valence-electron chi connectivity index (χ1n) is 4.40. The highest BCUT2D eigenvalue weighted by Gasteiger charge is 2.20. The van der Waals surface area contributed by atoms with Gasteiger partial charge in [-0.1, -0.05) is 0 Å². The summed E-state index contributed by atoms with van der Waals surface area (Å²) >= 11 is 1.74. The summed E-state index contributed by atoms with van der Waals surface area (Å²) in [5.41, 5.74) is 0. The minimum atomic E-state index is -3.00. The van der Waals surface area contributed by atoms with E-state index in [4.69, 9.17) is 0 Å². The van der Waals surface area contributed by atoms with E-state index in [-0.39, 0.29) is 11.8 Å². The van der Waals surface area contributed by atoms with Crippen molar-refractivity contribution in [3.05, 3.63) is 0 Å². The molecule has 1 unspecified atom stereocenters. The first kappa shape index (κ1) is 13.3. The van der Waals surface area contributed by atoms with Gasteiger partial charge in [0.1, 0.15) is 0 Å². The highest BCUT2D eigenvalue weighted by atomic mass is 32.2. The summed E-state index contributed by atoms with van der Waals surface area (Å²) in [6.07, 6.45) is 2.94. The van der Waals surface area contributed by atoms with Crippen molar-refractivity contribution >= 4 is 21.8 Å². The first-order chi connectivity index (χ1) is 5.95. The lowest BCUT2D eigenvalue weighted by atomic mass is 10.3. The molecular weight excluding hydrogens is 206 g/mol. The van der Waals surface area contributed by atoms with Crippen LogP contribution < -0.4 is 0 Å². The third-order valence-corrected chi connectivity index (χ3v) is 4.78. The van der Waals surface area contributed by atoms with Crippen molar-refractivity contribution in [2.24, 2.45) is 0 Å². The molecule has 0 aromatic rings. The zero-order valence-corrected chi connectivity index (χ0v) is 10.4. The lowest BCUT2D eigenvalue weighted by Gasteiger charge is -2.23. The van der Waals surface area contributed by atoms with Gasteiger partial charge >= 0.3 is 0 Å². The fraction of sp³-hybridized carbons (Fsp3) is 1.00. The van der Waals surface area contributed by atoms with Gasteiger partial charge in [-0.3, -0.25) is 0 Å². The molecule has 0 saturated heterocycles. The van der Waals surface area contributed by atoms with Gasteiger partial charge in [0.05, 0.1) is 5.75 Å². The highest BCUT2D eigenvalue weighted by Crippen LogP contribution is 2.10. The molecule has 0 spiro atoms. The van der Waals surface area contributed by atoms with Crippen molar-refractivity contribution in [2.75, 3.05) is 24.8 Å². The fourth-order valence-electron chi connectivity index (χ4n) is 0.948. The average molecular weight is 225 g/mol. The molecule has 80 valence electrons. The summed E-state index contributed by atoms with van der Waals surface area (Å²) in [5.74, 6) is 1.19. The minimum Gasteiger partial charge on any atom is -0.212 e. The van der Waals surface area contributed by atoms with E-state index in [0.717, 1.165) is 12.2 Å². The highest BCUT2D eigenvalue weighted by molar-refractivity contribution is 7.98. The summed E-state index contributed by atoms with van der Waals surface area (Å²) in [4.78, 5) is 0. The summed E-state index contributed by atoms with van der Waals surface area (Å²) in [6.45, 7) is 3.62. The van der Waals surface area contributed by atoms with E-state index in [1.807, 2.05) is 13.2 Å². The number of hydrogen-bond acceptors (Lipinski definition) is 3. The minimum absolute atomic E-state index is 0.109. The van der Waals surface area contributed by atoms with Crippen LogP contribution in [0.3, 0.4) is 0 Å². The summed E-state index contributed by atoms with van der Waals surface area (Å²) in [7, 11) is -1.35. The second-order valence-electron chi connectivity index (χ2n) is 3.05. The predicted molar refractivity (Wildman–Crippen MR) is 59.7 cm³/mol. The van der Waals surface area contributed by atoms with E-state index in [1.165, 1.54) is 4.31 Å². The van der Waals surface area contributed by atoms with E-state index in [1.54, 1.807) is 25.7 Å². The van der Waals surface area contributed by atoms with Crippen molar-refractivity contribution < 1.29 is 8.42 Å². The summed E-state index contributed by atoms with van der Waals surface area (Å²) in [6, 6.07) is 0.109. The third kappa shape index (κ3) is 4.33. The maximum absolute atomic E-state index is 11.4. The van der Waals surface area contributed by atoms with Crippen LogP contribution in [0.4, 0.5) is 0 Å². The van der Waals surface area contributed by atoms with Gasteiger partial charge in [0, 0.05) is 13.1 Å². The van der Waals surface area contributed by atoms with Crippen LogP contribution in [0, 0.1) is 0 Å². The van der Waals surface area contributed by atoms with Gasteiger partial charge in [-0.15, -0.1) is 0 Å². The van der Waals surface area contributed by atoms with Crippen LogP contribution in [0.25, 0.3) is 0 Å². The second kappa shape index (κ2) is 5.88. The van der Waals surface area contributed by atoms with Gasteiger partial charge in [-0.2, -0.15) is 11.8 Å². The van der Waals surface area contributed by atoms with Gasteiger partial charge in [0.25, 0.3) is 0 Å². The topological polar surface area (TPSA) is 37.4 Å². The zero-order chi connectivity index (χ0) is 10.5. The SMILES string of the molecule is CCS(=O)(=O)N(C)C(C)CCSC. The quantitative estimate of drug-likeness (QED) is 0.686. The smallest absolute Gasteiger partial charge is 0.212 e. The molecule has 1 atom stereocenters. The Morgan fingerprint density at radius 1 is 1.46 bits per heavy atom. The molecule has 0 rings (SSSR count). The molecule has 0 aromatic carbocycles. The van der Waals surface area contributed by atoms with Crippen molar-refractivity contribution in [3.8, 4) is 0 Å². The van der Waals surface area contributed by atoms with Crippen LogP contribution in [-0.2, 0) is 10.0 Å². The Labute approximate surface area is 85.9 Å². The van der Waals surface area contributed by atoms with Crippen LogP contribution >= 0.6 is 11.8 Å². The third-order valence-electron chi connectivity index (χ3n) is 2.16. The molecule has 0 N–H and O–H groups in total. The van der Waals surface area contributed by atoms with Crippen LogP contribution in [0.5, 0.6) is 0 Å². The maximum Gasteiger partial charge on any atom is 0.213 e.